The number of anilines is 3. The summed E-state index contributed by atoms with van der Waals surface area (Å²) in [4.78, 5) is 30.0. The molecule has 0 bridgehead atoms. The molecular formula is C24H32BrN5O2. The average Bonchev–Trinajstić information content (AvgIpc) is 3.31. The SMILES string of the molecule is CCN(CC)CCNC(=O)c1cc(NC(=O)Nc2cccc(Br)c2)ccc1N1CCCC1. The lowest BCUT2D eigenvalue weighted by Crippen LogP contribution is -2.35. The Hall–Kier alpha value is -2.58. The van der Waals surface area contributed by atoms with Crippen LogP contribution in [-0.4, -0.2) is 56.1 Å². The highest BCUT2D eigenvalue weighted by Gasteiger charge is 2.20. The van der Waals surface area contributed by atoms with Crippen LogP contribution in [0, 0.1) is 0 Å². The minimum absolute atomic E-state index is 0.116. The van der Waals surface area contributed by atoms with Crippen molar-refractivity contribution < 1.29 is 9.59 Å². The van der Waals surface area contributed by atoms with Gasteiger partial charge in [-0.3, -0.25) is 4.79 Å². The van der Waals surface area contributed by atoms with Crippen LogP contribution in [0.15, 0.2) is 46.9 Å². The van der Waals surface area contributed by atoms with Crippen molar-refractivity contribution in [3.05, 3.63) is 52.5 Å². The third-order valence-corrected chi connectivity index (χ3v) is 6.13. The molecule has 1 saturated heterocycles. The van der Waals surface area contributed by atoms with Crippen LogP contribution in [0.3, 0.4) is 0 Å². The Bertz CT molecular complexity index is 926. The lowest BCUT2D eigenvalue weighted by Gasteiger charge is -2.23. The predicted molar refractivity (Wildman–Crippen MR) is 135 cm³/mol. The first-order valence-electron chi connectivity index (χ1n) is 11.2. The number of urea groups is 1. The monoisotopic (exact) mass is 501 g/mol. The van der Waals surface area contributed by atoms with Crippen molar-refractivity contribution in [3.63, 3.8) is 0 Å². The van der Waals surface area contributed by atoms with Crippen LogP contribution >= 0.6 is 15.9 Å². The lowest BCUT2D eigenvalue weighted by atomic mass is 10.1. The second kappa shape index (κ2) is 11.9. The van der Waals surface area contributed by atoms with Crippen LogP contribution in [-0.2, 0) is 0 Å². The molecule has 3 rings (SSSR count). The number of likely N-dealkylation sites (N-methyl/N-ethyl adjacent to an activating group) is 1. The summed E-state index contributed by atoms with van der Waals surface area (Å²) >= 11 is 3.40. The summed E-state index contributed by atoms with van der Waals surface area (Å²) in [5.74, 6) is -0.116. The van der Waals surface area contributed by atoms with Crippen LogP contribution in [0.25, 0.3) is 0 Å². The molecule has 2 aromatic rings. The smallest absolute Gasteiger partial charge is 0.323 e. The fourth-order valence-electron chi connectivity index (χ4n) is 3.85. The van der Waals surface area contributed by atoms with Crippen LogP contribution in [0.4, 0.5) is 21.9 Å². The van der Waals surface area contributed by atoms with Gasteiger partial charge in [-0.15, -0.1) is 0 Å². The Kier molecular flexibility index (Phi) is 8.93. The van der Waals surface area contributed by atoms with E-state index >= 15 is 0 Å². The van der Waals surface area contributed by atoms with Gasteiger partial charge in [0.1, 0.15) is 0 Å². The molecule has 0 radical (unpaired) electrons. The number of nitrogens with one attached hydrogen (secondary N) is 3. The van der Waals surface area contributed by atoms with Crippen molar-refractivity contribution in [1.29, 1.82) is 0 Å². The van der Waals surface area contributed by atoms with Crippen molar-refractivity contribution >= 4 is 44.9 Å². The zero-order chi connectivity index (χ0) is 22.9. The molecule has 0 aliphatic carbocycles. The van der Waals surface area contributed by atoms with Crippen molar-refractivity contribution in [3.8, 4) is 0 Å². The van der Waals surface area contributed by atoms with E-state index in [0.717, 1.165) is 55.7 Å². The summed E-state index contributed by atoms with van der Waals surface area (Å²) in [5, 5.41) is 8.70. The molecule has 1 aliphatic rings. The van der Waals surface area contributed by atoms with Gasteiger partial charge in [0.05, 0.1) is 5.56 Å². The molecule has 7 nitrogen and oxygen atoms in total. The maximum atomic E-state index is 13.1. The average molecular weight is 502 g/mol. The Balaban J connectivity index is 1.72. The largest absolute Gasteiger partial charge is 0.371 e. The Morgan fingerprint density at radius 1 is 1.00 bits per heavy atom. The highest BCUT2D eigenvalue weighted by atomic mass is 79.9. The molecular weight excluding hydrogens is 470 g/mol. The van der Waals surface area contributed by atoms with E-state index in [1.165, 1.54) is 0 Å². The Morgan fingerprint density at radius 3 is 2.34 bits per heavy atom. The van der Waals surface area contributed by atoms with E-state index in [2.05, 4.69) is 55.5 Å². The summed E-state index contributed by atoms with van der Waals surface area (Å²) in [7, 11) is 0. The second-order valence-electron chi connectivity index (χ2n) is 7.80. The van der Waals surface area contributed by atoms with Crippen molar-refractivity contribution in [2.24, 2.45) is 0 Å². The lowest BCUT2D eigenvalue weighted by molar-refractivity contribution is 0.0949. The maximum Gasteiger partial charge on any atom is 0.323 e. The molecule has 8 heteroatoms. The topological polar surface area (TPSA) is 76.7 Å². The highest BCUT2D eigenvalue weighted by molar-refractivity contribution is 9.10. The van der Waals surface area contributed by atoms with Gasteiger partial charge in [-0.05, 0) is 62.3 Å². The first-order valence-corrected chi connectivity index (χ1v) is 12.0. The van der Waals surface area contributed by atoms with Gasteiger partial charge in [-0.1, -0.05) is 35.8 Å². The molecule has 1 heterocycles. The van der Waals surface area contributed by atoms with Crippen LogP contribution in [0.1, 0.15) is 37.0 Å². The quantitative estimate of drug-likeness (QED) is 0.462. The van der Waals surface area contributed by atoms with Gasteiger partial charge in [0.2, 0.25) is 0 Å². The third-order valence-electron chi connectivity index (χ3n) is 5.64. The van der Waals surface area contributed by atoms with E-state index in [-0.39, 0.29) is 11.9 Å². The fourth-order valence-corrected chi connectivity index (χ4v) is 4.25. The summed E-state index contributed by atoms with van der Waals surface area (Å²) < 4.78 is 0.883. The van der Waals surface area contributed by atoms with Gasteiger partial charge in [0.25, 0.3) is 5.91 Å². The van der Waals surface area contributed by atoms with Crippen molar-refractivity contribution in [1.82, 2.24) is 10.2 Å². The van der Waals surface area contributed by atoms with Crippen molar-refractivity contribution in [2.75, 3.05) is 54.8 Å². The van der Waals surface area contributed by atoms with E-state index in [4.69, 9.17) is 0 Å². The summed E-state index contributed by atoms with van der Waals surface area (Å²) in [6.07, 6.45) is 2.25. The zero-order valence-corrected chi connectivity index (χ0v) is 20.4. The zero-order valence-electron chi connectivity index (χ0n) is 18.8. The van der Waals surface area contributed by atoms with Crippen LogP contribution in [0.5, 0.6) is 0 Å². The highest BCUT2D eigenvalue weighted by Crippen LogP contribution is 2.28. The number of carbonyl (C=O) groups is 2. The van der Waals surface area contributed by atoms with Gasteiger partial charge in [-0.25, -0.2) is 4.79 Å². The second-order valence-corrected chi connectivity index (χ2v) is 8.71. The molecule has 1 fully saturated rings. The third kappa shape index (κ3) is 6.71. The number of carbonyl (C=O) groups excluding carboxylic acids is 2. The molecule has 3 N–H and O–H groups in total. The van der Waals surface area contributed by atoms with Gasteiger partial charge in [0.15, 0.2) is 0 Å². The molecule has 0 unspecified atom stereocenters. The number of hydrogen-bond acceptors (Lipinski definition) is 4. The molecule has 2 aromatic carbocycles. The minimum atomic E-state index is -0.357. The molecule has 3 amide bonds. The number of rotatable bonds is 9. The predicted octanol–water partition coefficient (Wildman–Crippen LogP) is 4.76. The number of benzene rings is 2. The van der Waals surface area contributed by atoms with E-state index in [9.17, 15) is 9.59 Å². The molecule has 0 saturated carbocycles. The van der Waals surface area contributed by atoms with Gasteiger partial charge in [-0.2, -0.15) is 0 Å². The molecule has 0 atom stereocenters. The number of nitrogens with zero attached hydrogens (tertiary/aromatic N) is 2. The van der Waals surface area contributed by atoms with Gasteiger partial charge in [0, 0.05) is 47.7 Å². The molecule has 0 aromatic heterocycles. The van der Waals surface area contributed by atoms with Crippen molar-refractivity contribution in [2.45, 2.75) is 26.7 Å². The summed E-state index contributed by atoms with van der Waals surface area (Å²) in [5.41, 5.74) is 2.77. The molecule has 1 aliphatic heterocycles. The van der Waals surface area contributed by atoms with E-state index < -0.39 is 0 Å². The number of hydrogen-bond donors (Lipinski definition) is 3. The molecule has 0 spiro atoms. The number of amides is 3. The van der Waals surface area contributed by atoms with Gasteiger partial charge >= 0.3 is 6.03 Å². The van der Waals surface area contributed by atoms with Crippen LogP contribution in [0.2, 0.25) is 0 Å². The van der Waals surface area contributed by atoms with E-state index in [1.54, 1.807) is 6.07 Å². The first kappa shape index (κ1) is 24.1. The summed E-state index contributed by atoms with van der Waals surface area (Å²) in [6, 6.07) is 12.6. The Labute approximate surface area is 198 Å². The molecule has 32 heavy (non-hydrogen) atoms. The summed E-state index contributed by atoms with van der Waals surface area (Å²) in [6.45, 7) is 9.42. The standard InChI is InChI=1S/C24H32BrN5O2/c1-3-29(4-2)15-12-26-23(31)21-17-20(10-11-22(21)30-13-5-6-14-30)28-24(32)27-19-9-7-8-18(25)16-19/h7-11,16-17H,3-6,12-15H2,1-2H3,(H,26,31)(H2,27,28,32). The Morgan fingerprint density at radius 2 is 1.69 bits per heavy atom. The van der Waals surface area contributed by atoms with Crippen LogP contribution < -0.4 is 20.9 Å². The van der Waals surface area contributed by atoms with Gasteiger partial charge < -0.3 is 25.8 Å². The minimum Gasteiger partial charge on any atom is -0.371 e. The van der Waals surface area contributed by atoms with E-state index in [1.807, 2.05) is 36.4 Å². The molecule has 172 valence electrons. The first-order chi connectivity index (χ1) is 15.5. The fraction of sp³-hybridized carbons (Fsp3) is 0.417. The van der Waals surface area contributed by atoms with E-state index in [0.29, 0.717) is 23.5 Å². The number of halogens is 1. The maximum absolute atomic E-state index is 13.1. The normalized spacial score (nSPS) is 13.3.